The highest BCUT2D eigenvalue weighted by Gasteiger charge is 2.14. The topological polar surface area (TPSA) is 33.3 Å². The first-order chi connectivity index (χ1) is 10.8. The molecule has 5 heteroatoms. The van der Waals surface area contributed by atoms with Gasteiger partial charge in [-0.1, -0.05) is 48.8 Å². The maximum Gasteiger partial charge on any atom is 0.175 e. The van der Waals surface area contributed by atoms with Gasteiger partial charge in [0, 0.05) is 10.2 Å². The van der Waals surface area contributed by atoms with Crippen LogP contribution >= 0.6 is 28.1 Å². The van der Waals surface area contributed by atoms with Gasteiger partial charge in [-0.25, -0.2) is 0 Å². The molecular weight excluding hydrogens is 372 g/mol. The van der Waals surface area contributed by atoms with Gasteiger partial charge in [0.25, 0.3) is 0 Å². The summed E-state index contributed by atoms with van der Waals surface area (Å²) in [5, 5.41) is 6.92. The average Bonchev–Trinajstić information content (AvgIpc) is 2.46. The Hall–Kier alpha value is -1.59. The molecule has 2 rings (SSSR count). The highest BCUT2D eigenvalue weighted by atomic mass is 79.9. The Labute approximate surface area is 151 Å². The minimum Gasteiger partial charge on any atom is -0.495 e. The zero-order valence-corrected chi connectivity index (χ0v) is 16.1. The first kappa shape index (κ1) is 17.8. The lowest BCUT2D eigenvalue weighted by atomic mass is 9.87. The van der Waals surface area contributed by atoms with Crippen LogP contribution in [0.15, 0.2) is 46.9 Å². The van der Waals surface area contributed by atoms with Crippen LogP contribution in [0.25, 0.3) is 0 Å². The van der Waals surface area contributed by atoms with Gasteiger partial charge in [0.15, 0.2) is 5.11 Å². The summed E-state index contributed by atoms with van der Waals surface area (Å²) in [5.74, 6) is 0.737. The zero-order chi connectivity index (χ0) is 17.0. The summed E-state index contributed by atoms with van der Waals surface area (Å²) in [6.45, 7) is 6.57. The molecule has 122 valence electrons. The van der Waals surface area contributed by atoms with E-state index in [0.717, 1.165) is 21.6 Å². The summed E-state index contributed by atoms with van der Waals surface area (Å²) >= 11 is 8.87. The predicted molar refractivity (Wildman–Crippen MR) is 106 cm³/mol. The molecule has 0 bridgehead atoms. The van der Waals surface area contributed by atoms with Crippen LogP contribution < -0.4 is 15.4 Å². The Morgan fingerprint density at radius 2 is 1.83 bits per heavy atom. The van der Waals surface area contributed by atoms with Crippen molar-refractivity contribution in [1.29, 1.82) is 0 Å². The molecule has 0 saturated carbocycles. The van der Waals surface area contributed by atoms with Crippen molar-refractivity contribution in [1.82, 2.24) is 0 Å². The first-order valence-corrected chi connectivity index (χ1v) is 8.52. The van der Waals surface area contributed by atoms with E-state index in [4.69, 9.17) is 17.0 Å². The molecule has 0 radical (unpaired) electrons. The number of methoxy groups -OCH3 is 1. The summed E-state index contributed by atoms with van der Waals surface area (Å²) in [6, 6.07) is 14.0. The minimum atomic E-state index is 0.0975. The van der Waals surface area contributed by atoms with E-state index < -0.39 is 0 Å². The third kappa shape index (κ3) is 4.94. The Kier molecular flexibility index (Phi) is 5.65. The maximum atomic E-state index is 5.41. The average molecular weight is 393 g/mol. The normalized spacial score (nSPS) is 11.0. The van der Waals surface area contributed by atoms with Crippen molar-refractivity contribution in [2.24, 2.45) is 0 Å². The van der Waals surface area contributed by atoms with Gasteiger partial charge in [-0.2, -0.15) is 0 Å². The molecule has 2 aromatic carbocycles. The number of anilines is 2. The first-order valence-electron chi connectivity index (χ1n) is 7.31. The largest absolute Gasteiger partial charge is 0.495 e. The van der Waals surface area contributed by atoms with E-state index in [-0.39, 0.29) is 5.41 Å². The van der Waals surface area contributed by atoms with Crippen LogP contribution in [0.1, 0.15) is 26.3 Å². The third-order valence-corrected chi connectivity index (χ3v) is 4.09. The van der Waals surface area contributed by atoms with Gasteiger partial charge in [0.1, 0.15) is 5.75 Å². The molecule has 0 aromatic heterocycles. The maximum absolute atomic E-state index is 5.41. The van der Waals surface area contributed by atoms with Crippen LogP contribution in [-0.4, -0.2) is 12.2 Å². The standard InChI is InChI=1S/C18H21BrN2OS/c1-18(2,3)12-6-5-7-14(10-12)20-17(23)21-15-11-13(19)8-9-16(15)22-4/h5-11H,1-4H3,(H2,20,21,23). The number of rotatable bonds is 3. The highest BCUT2D eigenvalue weighted by molar-refractivity contribution is 9.10. The fraction of sp³-hybridized carbons (Fsp3) is 0.278. The molecule has 0 amide bonds. The van der Waals surface area contributed by atoms with Crippen LogP contribution in [-0.2, 0) is 5.41 Å². The number of benzene rings is 2. The lowest BCUT2D eigenvalue weighted by Gasteiger charge is -2.20. The number of thiocarbonyl (C=S) groups is 1. The molecule has 0 heterocycles. The Morgan fingerprint density at radius 3 is 2.48 bits per heavy atom. The summed E-state index contributed by atoms with van der Waals surface area (Å²) in [4.78, 5) is 0. The van der Waals surface area contributed by atoms with E-state index in [1.807, 2.05) is 30.3 Å². The second-order valence-electron chi connectivity index (χ2n) is 6.25. The monoisotopic (exact) mass is 392 g/mol. The molecule has 0 aliphatic heterocycles. The SMILES string of the molecule is COc1ccc(Br)cc1NC(=S)Nc1cccc(C(C)(C)C)c1. The van der Waals surface area contributed by atoms with E-state index in [1.54, 1.807) is 7.11 Å². The Morgan fingerprint density at radius 1 is 1.09 bits per heavy atom. The Bertz CT molecular complexity index is 710. The van der Waals surface area contributed by atoms with Crippen molar-refractivity contribution in [3.8, 4) is 5.75 Å². The van der Waals surface area contributed by atoms with E-state index >= 15 is 0 Å². The second-order valence-corrected chi connectivity index (χ2v) is 7.58. The van der Waals surface area contributed by atoms with Gasteiger partial charge in [-0.15, -0.1) is 0 Å². The zero-order valence-electron chi connectivity index (χ0n) is 13.7. The molecule has 23 heavy (non-hydrogen) atoms. The van der Waals surface area contributed by atoms with Crippen molar-refractivity contribution in [2.75, 3.05) is 17.7 Å². The van der Waals surface area contributed by atoms with E-state index in [0.29, 0.717) is 5.11 Å². The number of ether oxygens (including phenoxy) is 1. The molecular formula is C18H21BrN2OS. The van der Waals surface area contributed by atoms with E-state index in [2.05, 4.69) is 59.5 Å². The molecule has 0 unspecified atom stereocenters. The summed E-state index contributed by atoms with van der Waals surface area (Å²) in [6.07, 6.45) is 0. The Balaban J connectivity index is 2.13. The van der Waals surface area contributed by atoms with Crippen molar-refractivity contribution in [2.45, 2.75) is 26.2 Å². The molecule has 2 N–H and O–H groups in total. The molecule has 0 atom stereocenters. The molecule has 0 aliphatic rings. The smallest absolute Gasteiger partial charge is 0.175 e. The molecule has 0 spiro atoms. The fourth-order valence-electron chi connectivity index (χ4n) is 2.13. The highest BCUT2D eigenvalue weighted by Crippen LogP contribution is 2.28. The minimum absolute atomic E-state index is 0.0975. The van der Waals surface area contributed by atoms with Crippen LogP contribution in [0.4, 0.5) is 11.4 Å². The molecule has 2 aromatic rings. The summed E-state index contributed by atoms with van der Waals surface area (Å²) in [7, 11) is 1.64. The lowest BCUT2D eigenvalue weighted by molar-refractivity contribution is 0.417. The van der Waals surface area contributed by atoms with Gasteiger partial charge < -0.3 is 15.4 Å². The number of halogens is 1. The van der Waals surface area contributed by atoms with Gasteiger partial charge in [0.05, 0.1) is 12.8 Å². The summed E-state index contributed by atoms with van der Waals surface area (Å²) in [5.41, 5.74) is 3.13. The van der Waals surface area contributed by atoms with Crippen LogP contribution in [0.3, 0.4) is 0 Å². The van der Waals surface area contributed by atoms with Gasteiger partial charge >= 0.3 is 0 Å². The molecule has 0 fully saturated rings. The number of nitrogens with one attached hydrogen (secondary N) is 2. The third-order valence-electron chi connectivity index (χ3n) is 3.40. The molecule has 3 nitrogen and oxygen atoms in total. The number of hydrogen-bond donors (Lipinski definition) is 2. The van der Waals surface area contributed by atoms with Crippen LogP contribution in [0.2, 0.25) is 0 Å². The van der Waals surface area contributed by atoms with Crippen molar-refractivity contribution in [3.05, 3.63) is 52.5 Å². The van der Waals surface area contributed by atoms with Crippen molar-refractivity contribution < 1.29 is 4.74 Å². The lowest BCUT2D eigenvalue weighted by Crippen LogP contribution is -2.20. The van der Waals surface area contributed by atoms with Gasteiger partial charge in [0.2, 0.25) is 0 Å². The predicted octanol–water partition coefficient (Wildman–Crippen LogP) is 5.56. The molecule has 0 saturated heterocycles. The van der Waals surface area contributed by atoms with Crippen molar-refractivity contribution in [3.63, 3.8) is 0 Å². The molecule has 0 aliphatic carbocycles. The quantitative estimate of drug-likeness (QED) is 0.669. The second kappa shape index (κ2) is 7.32. The summed E-state index contributed by atoms with van der Waals surface area (Å²) < 4.78 is 6.30. The van der Waals surface area contributed by atoms with Gasteiger partial charge in [-0.05, 0) is 53.5 Å². The van der Waals surface area contributed by atoms with E-state index in [1.165, 1.54) is 5.56 Å². The van der Waals surface area contributed by atoms with E-state index in [9.17, 15) is 0 Å². The van der Waals surface area contributed by atoms with Gasteiger partial charge in [-0.3, -0.25) is 0 Å². The van der Waals surface area contributed by atoms with Crippen LogP contribution in [0, 0.1) is 0 Å². The van der Waals surface area contributed by atoms with Crippen LogP contribution in [0.5, 0.6) is 5.75 Å². The van der Waals surface area contributed by atoms with Crippen molar-refractivity contribution >= 4 is 44.6 Å². The fourth-order valence-corrected chi connectivity index (χ4v) is 2.71. The number of hydrogen-bond acceptors (Lipinski definition) is 2.